The zero-order valence-electron chi connectivity index (χ0n) is 9.80. The minimum atomic E-state index is -0.208. The summed E-state index contributed by atoms with van der Waals surface area (Å²) >= 11 is 0. The van der Waals surface area contributed by atoms with Crippen molar-refractivity contribution in [1.29, 1.82) is 0 Å². The van der Waals surface area contributed by atoms with Crippen molar-refractivity contribution in [1.82, 2.24) is 9.55 Å². The molecule has 1 aliphatic rings. The fourth-order valence-corrected chi connectivity index (χ4v) is 2.25. The first-order valence-electron chi connectivity index (χ1n) is 5.99. The van der Waals surface area contributed by atoms with Crippen LogP contribution in [0.5, 0.6) is 0 Å². The van der Waals surface area contributed by atoms with Gasteiger partial charge in [-0.3, -0.25) is 0 Å². The maximum absolute atomic E-state index is 10.1. The van der Waals surface area contributed by atoms with Gasteiger partial charge in [-0.25, -0.2) is 4.98 Å². The average Bonchev–Trinajstić information content (AvgIpc) is 2.73. The molecule has 0 saturated carbocycles. The molecule has 2 heterocycles. The first-order valence-corrected chi connectivity index (χ1v) is 5.99. The van der Waals surface area contributed by atoms with Crippen LogP contribution in [0, 0.1) is 5.92 Å². The third-order valence-corrected chi connectivity index (χ3v) is 3.39. The molecule has 4 nitrogen and oxygen atoms in total. The van der Waals surface area contributed by atoms with Crippen molar-refractivity contribution in [2.75, 3.05) is 13.2 Å². The van der Waals surface area contributed by atoms with Gasteiger partial charge in [-0.15, -0.1) is 0 Å². The normalized spacial score (nSPS) is 19.9. The van der Waals surface area contributed by atoms with Crippen LogP contribution in [0.15, 0.2) is 12.4 Å². The molecular weight excluding hydrogens is 204 g/mol. The number of imidazole rings is 1. The van der Waals surface area contributed by atoms with Crippen molar-refractivity contribution in [3.8, 4) is 0 Å². The van der Waals surface area contributed by atoms with Gasteiger partial charge in [-0.05, 0) is 25.2 Å². The van der Waals surface area contributed by atoms with Gasteiger partial charge in [0.15, 0.2) is 0 Å². The molecule has 16 heavy (non-hydrogen) atoms. The lowest BCUT2D eigenvalue weighted by Gasteiger charge is -2.26. The predicted octanol–water partition coefficient (Wildman–Crippen LogP) is 1.14. The second kappa shape index (κ2) is 5.46. The van der Waals surface area contributed by atoms with E-state index in [0.29, 0.717) is 5.92 Å². The van der Waals surface area contributed by atoms with Gasteiger partial charge in [0.25, 0.3) is 0 Å². The molecule has 1 fully saturated rings. The van der Waals surface area contributed by atoms with E-state index in [0.717, 1.165) is 44.7 Å². The Balaban J connectivity index is 1.78. The van der Waals surface area contributed by atoms with Crippen molar-refractivity contribution in [2.45, 2.75) is 31.8 Å². The molecular formula is C12H20N2O2. The van der Waals surface area contributed by atoms with Gasteiger partial charge in [0.1, 0.15) is 5.82 Å². The summed E-state index contributed by atoms with van der Waals surface area (Å²) in [5, 5.41) is 10.1. The second-order valence-electron chi connectivity index (χ2n) is 4.51. The van der Waals surface area contributed by atoms with Crippen LogP contribution in [-0.2, 0) is 18.2 Å². The maximum Gasteiger partial charge on any atom is 0.108 e. The van der Waals surface area contributed by atoms with Gasteiger partial charge in [0.05, 0.1) is 6.10 Å². The Morgan fingerprint density at radius 2 is 2.31 bits per heavy atom. The molecule has 2 rings (SSSR count). The molecule has 1 aromatic rings. The van der Waals surface area contributed by atoms with Crippen LogP contribution in [0.1, 0.15) is 25.1 Å². The topological polar surface area (TPSA) is 47.3 Å². The molecule has 1 N–H and O–H groups in total. The molecule has 1 aliphatic heterocycles. The van der Waals surface area contributed by atoms with Crippen LogP contribution in [0.25, 0.3) is 0 Å². The molecule has 0 spiro atoms. The third-order valence-electron chi connectivity index (χ3n) is 3.39. The SMILES string of the molecule is Cn1ccnc1CCC(O)C1CCOCC1. The fraction of sp³-hybridized carbons (Fsp3) is 0.750. The summed E-state index contributed by atoms with van der Waals surface area (Å²) in [7, 11) is 1.99. The van der Waals surface area contributed by atoms with Crippen LogP contribution in [0.2, 0.25) is 0 Å². The molecule has 1 atom stereocenters. The highest BCUT2D eigenvalue weighted by molar-refractivity contribution is 4.92. The lowest BCUT2D eigenvalue weighted by Crippen LogP contribution is -2.27. The summed E-state index contributed by atoms with van der Waals surface area (Å²) < 4.78 is 7.30. The Hall–Kier alpha value is -0.870. The van der Waals surface area contributed by atoms with Gasteiger partial charge in [-0.2, -0.15) is 0 Å². The first kappa shape index (κ1) is 11.6. The first-order chi connectivity index (χ1) is 7.77. The molecule has 0 bridgehead atoms. The highest BCUT2D eigenvalue weighted by Crippen LogP contribution is 2.21. The monoisotopic (exact) mass is 224 g/mol. The number of aryl methyl sites for hydroxylation is 2. The summed E-state index contributed by atoms with van der Waals surface area (Å²) in [4.78, 5) is 4.26. The number of ether oxygens (including phenoxy) is 1. The Bertz CT molecular complexity index is 319. The van der Waals surface area contributed by atoms with Crippen LogP contribution in [0.4, 0.5) is 0 Å². The van der Waals surface area contributed by atoms with Crippen molar-refractivity contribution in [2.24, 2.45) is 13.0 Å². The van der Waals surface area contributed by atoms with E-state index < -0.39 is 0 Å². The van der Waals surface area contributed by atoms with E-state index in [1.165, 1.54) is 0 Å². The zero-order chi connectivity index (χ0) is 11.4. The average molecular weight is 224 g/mol. The Morgan fingerprint density at radius 3 is 2.94 bits per heavy atom. The molecule has 0 amide bonds. The fourth-order valence-electron chi connectivity index (χ4n) is 2.25. The van der Waals surface area contributed by atoms with E-state index in [1.807, 2.05) is 17.8 Å². The Labute approximate surface area is 96.3 Å². The van der Waals surface area contributed by atoms with E-state index in [4.69, 9.17) is 4.74 Å². The number of aromatic nitrogens is 2. The van der Waals surface area contributed by atoms with E-state index in [1.54, 1.807) is 6.20 Å². The number of hydrogen-bond donors (Lipinski definition) is 1. The highest BCUT2D eigenvalue weighted by Gasteiger charge is 2.22. The van der Waals surface area contributed by atoms with Crippen LogP contribution < -0.4 is 0 Å². The number of aliphatic hydroxyl groups is 1. The van der Waals surface area contributed by atoms with Crippen LogP contribution >= 0.6 is 0 Å². The second-order valence-corrected chi connectivity index (χ2v) is 4.51. The van der Waals surface area contributed by atoms with Crippen LogP contribution in [-0.4, -0.2) is 34.0 Å². The molecule has 4 heteroatoms. The lowest BCUT2D eigenvalue weighted by atomic mass is 9.91. The predicted molar refractivity (Wildman–Crippen MR) is 61.1 cm³/mol. The third kappa shape index (κ3) is 2.83. The summed E-state index contributed by atoms with van der Waals surface area (Å²) in [5.74, 6) is 1.46. The summed E-state index contributed by atoms with van der Waals surface area (Å²) in [6.07, 6.45) is 7.16. The maximum atomic E-state index is 10.1. The van der Waals surface area contributed by atoms with Crippen molar-refractivity contribution in [3.05, 3.63) is 18.2 Å². The van der Waals surface area contributed by atoms with E-state index in [-0.39, 0.29) is 6.10 Å². The van der Waals surface area contributed by atoms with Crippen LogP contribution in [0.3, 0.4) is 0 Å². The van der Waals surface area contributed by atoms with Gasteiger partial charge in [-0.1, -0.05) is 0 Å². The molecule has 0 radical (unpaired) electrons. The standard InChI is InChI=1S/C12H20N2O2/c1-14-7-6-13-12(14)3-2-11(15)10-4-8-16-9-5-10/h6-7,10-11,15H,2-5,8-9H2,1H3. The van der Waals surface area contributed by atoms with Gasteiger partial charge in [0.2, 0.25) is 0 Å². The molecule has 0 aliphatic carbocycles. The number of rotatable bonds is 4. The number of hydrogen-bond acceptors (Lipinski definition) is 3. The zero-order valence-corrected chi connectivity index (χ0v) is 9.80. The summed E-state index contributed by atoms with van der Waals surface area (Å²) in [6.45, 7) is 1.59. The van der Waals surface area contributed by atoms with Gasteiger partial charge >= 0.3 is 0 Å². The lowest BCUT2D eigenvalue weighted by molar-refractivity contribution is 0.00493. The minimum Gasteiger partial charge on any atom is -0.393 e. The minimum absolute atomic E-state index is 0.208. The molecule has 1 unspecified atom stereocenters. The van der Waals surface area contributed by atoms with E-state index >= 15 is 0 Å². The molecule has 1 aromatic heterocycles. The van der Waals surface area contributed by atoms with E-state index in [2.05, 4.69) is 4.98 Å². The highest BCUT2D eigenvalue weighted by atomic mass is 16.5. The van der Waals surface area contributed by atoms with Gasteiger partial charge < -0.3 is 14.4 Å². The number of aliphatic hydroxyl groups excluding tert-OH is 1. The molecule has 0 aromatic carbocycles. The van der Waals surface area contributed by atoms with Crippen molar-refractivity contribution in [3.63, 3.8) is 0 Å². The molecule has 90 valence electrons. The Morgan fingerprint density at radius 1 is 1.56 bits per heavy atom. The largest absolute Gasteiger partial charge is 0.393 e. The molecule has 1 saturated heterocycles. The van der Waals surface area contributed by atoms with Crippen molar-refractivity contribution >= 4 is 0 Å². The quantitative estimate of drug-likeness (QED) is 0.834. The van der Waals surface area contributed by atoms with Crippen molar-refractivity contribution < 1.29 is 9.84 Å². The summed E-state index contributed by atoms with van der Waals surface area (Å²) in [5.41, 5.74) is 0. The van der Waals surface area contributed by atoms with Gasteiger partial charge in [0, 0.05) is 39.1 Å². The Kier molecular flexibility index (Phi) is 3.96. The number of nitrogens with zero attached hydrogens (tertiary/aromatic N) is 2. The summed E-state index contributed by atoms with van der Waals surface area (Å²) in [6, 6.07) is 0. The smallest absolute Gasteiger partial charge is 0.108 e. The van der Waals surface area contributed by atoms with E-state index in [9.17, 15) is 5.11 Å².